The van der Waals surface area contributed by atoms with Crippen LogP contribution in [0.5, 0.6) is 0 Å². The fraction of sp³-hybridized carbons (Fsp3) is 0.417. The van der Waals surface area contributed by atoms with E-state index in [1.807, 2.05) is 23.1 Å². The molecule has 0 aromatic heterocycles. The van der Waals surface area contributed by atoms with Gasteiger partial charge in [-0.15, -0.1) is 0 Å². The molecule has 1 amide bonds. The highest BCUT2D eigenvalue weighted by molar-refractivity contribution is 9.10. The van der Waals surface area contributed by atoms with E-state index in [0.29, 0.717) is 13.1 Å². The number of carbonyl (C=O) groups excluding carboxylic acids is 1. The molecule has 1 aromatic rings. The lowest BCUT2D eigenvalue weighted by Gasteiger charge is -2.29. The zero-order chi connectivity index (χ0) is 12.4. The lowest BCUT2D eigenvalue weighted by Crippen LogP contribution is -2.47. The van der Waals surface area contributed by atoms with Crippen molar-refractivity contribution in [1.82, 2.24) is 5.32 Å². The van der Waals surface area contributed by atoms with Gasteiger partial charge in [-0.3, -0.25) is 4.79 Å². The highest BCUT2D eigenvalue weighted by Gasteiger charge is 2.17. The van der Waals surface area contributed by atoms with Crippen LogP contribution in [-0.2, 0) is 4.79 Å². The Kier molecular flexibility index (Phi) is 3.69. The first-order valence-electron chi connectivity index (χ1n) is 5.57. The van der Waals surface area contributed by atoms with E-state index in [0.717, 1.165) is 22.3 Å². The van der Waals surface area contributed by atoms with E-state index in [1.54, 1.807) is 6.92 Å². The maximum atomic E-state index is 11.3. The number of piperazine rings is 1. The molecule has 4 nitrogen and oxygen atoms in total. The predicted molar refractivity (Wildman–Crippen MR) is 70.0 cm³/mol. The first-order chi connectivity index (χ1) is 8.08. The Labute approximate surface area is 109 Å². The fourth-order valence-electron chi connectivity index (χ4n) is 1.91. The molecule has 1 fully saturated rings. The van der Waals surface area contributed by atoms with Gasteiger partial charge >= 0.3 is 0 Å². The van der Waals surface area contributed by atoms with E-state index < -0.39 is 6.10 Å². The molecule has 1 atom stereocenters. The number of carbonyl (C=O) groups is 1. The Morgan fingerprint density at radius 2 is 2.29 bits per heavy atom. The Bertz CT molecular complexity index is 435. The topological polar surface area (TPSA) is 52.6 Å². The normalized spacial score (nSPS) is 17.8. The summed E-state index contributed by atoms with van der Waals surface area (Å²) in [5.74, 6) is 0.0481. The van der Waals surface area contributed by atoms with Crippen LogP contribution in [-0.4, -0.2) is 30.6 Å². The molecule has 0 radical (unpaired) electrons. The number of amides is 1. The van der Waals surface area contributed by atoms with Crippen LogP contribution >= 0.6 is 15.9 Å². The standard InChI is InChI=1S/C12H15BrN2O2/c1-8(16)10-3-2-9(6-11(10)13)15-5-4-14-12(17)7-15/h2-3,6,8,16H,4-5,7H2,1H3,(H,14,17). The van der Waals surface area contributed by atoms with Gasteiger partial charge in [0.05, 0.1) is 12.6 Å². The quantitative estimate of drug-likeness (QED) is 0.869. The van der Waals surface area contributed by atoms with Crippen LogP contribution in [0.25, 0.3) is 0 Å². The van der Waals surface area contributed by atoms with Crippen molar-refractivity contribution in [2.75, 3.05) is 24.5 Å². The summed E-state index contributed by atoms with van der Waals surface area (Å²) in [6.45, 7) is 3.61. The SMILES string of the molecule is CC(O)c1ccc(N2CCNC(=O)C2)cc1Br. The van der Waals surface area contributed by atoms with Crippen molar-refractivity contribution >= 4 is 27.5 Å². The van der Waals surface area contributed by atoms with Crippen LogP contribution in [0.4, 0.5) is 5.69 Å². The van der Waals surface area contributed by atoms with Gasteiger partial charge in [0.2, 0.25) is 5.91 Å². The molecular formula is C12H15BrN2O2. The van der Waals surface area contributed by atoms with Crippen LogP contribution in [0.3, 0.4) is 0 Å². The molecule has 1 aliphatic heterocycles. The molecular weight excluding hydrogens is 284 g/mol. The summed E-state index contributed by atoms with van der Waals surface area (Å²) in [4.78, 5) is 13.3. The van der Waals surface area contributed by atoms with Gasteiger partial charge in [0.25, 0.3) is 0 Å². The van der Waals surface area contributed by atoms with Gasteiger partial charge in [0, 0.05) is 23.2 Å². The van der Waals surface area contributed by atoms with Crippen molar-refractivity contribution in [2.45, 2.75) is 13.0 Å². The summed E-state index contributed by atoms with van der Waals surface area (Å²) in [7, 11) is 0. The van der Waals surface area contributed by atoms with Gasteiger partial charge in [-0.25, -0.2) is 0 Å². The molecule has 17 heavy (non-hydrogen) atoms. The monoisotopic (exact) mass is 298 g/mol. The molecule has 92 valence electrons. The van der Waals surface area contributed by atoms with Crippen molar-refractivity contribution in [3.05, 3.63) is 28.2 Å². The third kappa shape index (κ3) is 2.79. The van der Waals surface area contributed by atoms with Crippen molar-refractivity contribution < 1.29 is 9.90 Å². The third-order valence-corrected chi connectivity index (χ3v) is 3.52. The molecule has 0 bridgehead atoms. The van der Waals surface area contributed by atoms with E-state index in [2.05, 4.69) is 21.2 Å². The van der Waals surface area contributed by atoms with Crippen LogP contribution in [0.1, 0.15) is 18.6 Å². The molecule has 1 heterocycles. The summed E-state index contributed by atoms with van der Waals surface area (Å²) >= 11 is 3.44. The maximum Gasteiger partial charge on any atom is 0.239 e. The zero-order valence-electron chi connectivity index (χ0n) is 9.61. The van der Waals surface area contributed by atoms with E-state index in [-0.39, 0.29) is 5.91 Å². The lowest BCUT2D eigenvalue weighted by molar-refractivity contribution is -0.120. The van der Waals surface area contributed by atoms with Gasteiger partial charge in [0.1, 0.15) is 0 Å². The van der Waals surface area contributed by atoms with Crippen LogP contribution < -0.4 is 10.2 Å². The highest BCUT2D eigenvalue weighted by Crippen LogP contribution is 2.28. The Morgan fingerprint density at radius 1 is 1.53 bits per heavy atom. The van der Waals surface area contributed by atoms with E-state index in [4.69, 9.17) is 0 Å². The minimum atomic E-state index is -0.497. The maximum absolute atomic E-state index is 11.3. The minimum absolute atomic E-state index is 0.0481. The minimum Gasteiger partial charge on any atom is -0.389 e. The Balaban J connectivity index is 2.22. The van der Waals surface area contributed by atoms with Crippen molar-refractivity contribution in [3.8, 4) is 0 Å². The molecule has 1 unspecified atom stereocenters. The molecule has 0 saturated carbocycles. The number of rotatable bonds is 2. The summed E-state index contributed by atoms with van der Waals surface area (Å²) in [5, 5.41) is 12.3. The Morgan fingerprint density at radius 3 is 2.88 bits per heavy atom. The molecule has 1 aliphatic rings. The second-order valence-electron chi connectivity index (χ2n) is 4.15. The lowest BCUT2D eigenvalue weighted by atomic mass is 10.1. The number of aliphatic hydroxyl groups is 1. The van der Waals surface area contributed by atoms with Crippen LogP contribution in [0.2, 0.25) is 0 Å². The van der Waals surface area contributed by atoms with E-state index in [1.165, 1.54) is 0 Å². The second kappa shape index (κ2) is 5.06. The molecule has 5 heteroatoms. The number of hydrogen-bond acceptors (Lipinski definition) is 3. The molecule has 1 saturated heterocycles. The largest absolute Gasteiger partial charge is 0.389 e. The predicted octanol–water partition coefficient (Wildman–Crippen LogP) is 1.44. The van der Waals surface area contributed by atoms with Gasteiger partial charge < -0.3 is 15.3 Å². The first kappa shape index (κ1) is 12.4. The van der Waals surface area contributed by atoms with E-state index >= 15 is 0 Å². The third-order valence-electron chi connectivity index (χ3n) is 2.84. The fourth-order valence-corrected chi connectivity index (χ4v) is 2.61. The summed E-state index contributed by atoms with van der Waals surface area (Å²) in [6.07, 6.45) is -0.497. The zero-order valence-corrected chi connectivity index (χ0v) is 11.2. The summed E-state index contributed by atoms with van der Waals surface area (Å²) in [6, 6.07) is 5.77. The Hall–Kier alpha value is -1.07. The van der Waals surface area contributed by atoms with Crippen molar-refractivity contribution in [3.63, 3.8) is 0 Å². The van der Waals surface area contributed by atoms with Gasteiger partial charge in [-0.2, -0.15) is 0 Å². The number of aliphatic hydroxyl groups excluding tert-OH is 1. The summed E-state index contributed by atoms with van der Waals surface area (Å²) < 4.78 is 0.871. The summed E-state index contributed by atoms with van der Waals surface area (Å²) in [5.41, 5.74) is 1.85. The van der Waals surface area contributed by atoms with Crippen LogP contribution in [0, 0.1) is 0 Å². The van der Waals surface area contributed by atoms with Crippen LogP contribution in [0.15, 0.2) is 22.7 Å². The molecule has 2 N–H and O–H groups in total. The number of benzene rings is 1. The molecule has 0 aliphatic carbocycles. The van der Waals surface area contributed by atoms with Crippen molar-refractivity contribution in [2.24, 2.45) is 0 Å². The first-order valence-corrected chi connectivity index (χ1v) is 6.36. The van der Waals surface area contributed by atoms with Crippen molar-refractivity contribution in [1.29, 1.82) is 0 Å². The number of nitrogens with zero attached hydrogens (tertiary/aromatic N) is 1. The average Bonchev–Trinajstić information content (AvgIpc) is 2.28. The second-order valence-corrected chi connectivity index (χ2v) is 5.01. The highest BCUT2D eigenvalue weighted by atomic mass is 79.9. The molecule has 2 rings (SSSR count). The van der Waals surface area contributed by atoms with Gasteiger partial charge in [0.15, 0.2) is 0 Å². The average molecular weight is 299 g/mol. The number of anilines is 1. The molecule has 0 spiro atoms. The smallest absolute Gasteiger partial charge is 0.239 e. The number of hydrogen-bond donors (Lipinski definition) is 2. The molecule has 1 aromatic carbocycles. The van der Waals surface area contributed by atoms with Gasteiger partial charge in [-0.1, -0.05) is 22.0 Å². The van der Waals surface area contributed by atoms with Gasteiger partial charge in [-0.05, 0) is 24.6 Å². The van der Waals surface area contributed by atoms with E-state index in [9.17, 15) is 9.90 Å². The number of halogens is 1. The number of nitrogens with one attached hydrogen (secondary N) is 1.